The van der Waals surface area contributed by atoms with Crippen molar-refractivity contribution in [1.82, 2.24) is 9.88 Å². The maximum Gasteiger partial charge on any atom is 0.490 e. The summed E-state index contributed by atoms with van der Waals surface area (Å²) in [6.07, 6.45) is 2.75. The maximum absolute atomic E-state index is 11.9. The van der Waals surface area contributed by atoms with Crippen molar-refractivity contribution in [3.05, 3.63) is 52.7 Å². The Morgan fingerprint density at radius 3 is 2.29 bits per heavy atom. The quantitative estimate of drug-likeness (QED) is 0.526. The summed E-state index contributed by atoms with van der Waals surface area (Å²) >= 11 is 6.05. The average Bonchev–Trinajstić information content (AvgIpc) is 3.27. The van der Waals surface area contributed by atoms with E-state index >= 15 is 0 Å². The third kappa shape index (κ3) is 9.25. The molecule has 0 radical (unpaired) electrons. The van der Waals surface area contributed by atoms with E-state index in [4.69, 9.17) is 30.7 Å². The standard InChI is InChI=1S/C23H31ClN2O4S.C2HF3O2/c1-16-12-25-23(30-16)18-5-9-20(10-6-18)26-13-22(15-31(2,27)28)29-14-21(26)11-17-3-7-19(24)8-4-17;3-2(4,5)1(6)7/h3-4,7-8,12,18,20-22H,5-6,9-11,13-15H2,1-2H3;(H,6,7)/t18?,20?,21-,22+;/m0./s1. The number of hydrogen-bond acceptors (Lipinski definition) is 7. The Labute approximate surface area is 225 Å². The molecular weight excluding hydrogens is 549 g/mol. The van der Waals surface area contributed by atoms with Gasteiger partial charge >= 0.3 is 12.1 Å². The second-order valence-corrected chi connectivity index (χ2v) is 12.5. The van der Waals surface area contributed by atoms with Gasteiger partial charge in [0, 0.05) is 35.8 Å². The van der Waals surface area contributed by atoms with Crippen LogP contribution in [0.5, 0.6) is 0 Å². The van der Waals surface area contributed by atoms with Crippen molar-refractivity contribution in [3.8, 4) is 0 Å². The van der Waals surface area contributed by atoms with Gasteiger partial charge in [-0.25, -0.2) is 18.2 Å². The molecule has 4 rings (SSSR count). The van der Waals surface area contributed by atoms with Gasteiger partial charge in [-0.15, -0.1) is 0 Å². The van der Waals surface area contributed by atoms with Crippen LogP contribution in [-0.2, 0) is 25.8 Å². The fourth-order valence-electron chi connectivity index (χ4n) is 4.95. The lowest BCUT2D eigenvalue weighted by molar-refractivity contribution is -0.192. The molecule has 1 aromatic heterocycles. The number of aryl methyl sites for hydroxylation is 1. The minimum Gasteiger partial charge on any atom is -0.475 e. The molecule has 0 spiro atoms. The van der Waals surface area contributed by atoms with Crippen LogP contribution in [0.3, 0.4) is 0 Å². The maximum atomic E-state index is 11.9. The summed E-state index contributed by atoms with van der Waals surface area (Å²) in [6.45, 7) is 3.12. The first-order valence-corrected chi connectivity index (χ1v) is 14.7. The zero-order valence-corrected chi connectivity index (χ0v) is 22.7. The molecule has 1 saturated heterocycles. The molecule has 0 unspecified atom stereocenters. The number of carbonyl (C=O) groups is 1. The largest absolute Gasteiger partial charge is 0.490 e. The molecule has 0 amide bonds. The molecule has 8 nitrogen and oxygen atoms in total. The van der Waals surface area contributed by atoms with Crippen LogP contribution in [0.15, 0.2) is 34.9 Å². The number of aliphatic carboxylic acids is 1. The van der Waals surface area contributed by atoms with E-state index < -0.39 is 22.0 Å². The van der Waals surface area contributed by atoms with Crippen molar-refractivity contribution < 1.29 is 40.6 Å². The van der Waals surface area contributed by atoms with Crippen molar-refractivity contribution >= 4 is 27.4 Å². The zero-order chi connectivity index (χ0) is 28.1. The predicted octanol–water partition coefficient (Wildman–Crippen LogP) is 4.65. The van der Waals surface area contributed by atoms with Gasteiger partial charge < -0.3 is 14.3 Å². The van der Waals surface area contributed by atoms with Crippen LogP contribution in [0.1, 0.15) is 48.8 Å². The summed E-state index contributed by atoms with van der Waals surface area (Å²) in [5, 5.41) is 7.86. The number of oxazole rings is 1. The van der Waals surface area contributed by atoms with Crippen LogP contribution in [-0.4, -0.2) is 78.9 Å². The number of aromatic nitrogens is 1. The average molecular weight is 581 g/mol. The molecule has 1 aliphatic carbocycles. The minimum absolute atomic E-state index is 0.0715. The first kappa shape index (κ1) is 30.4. The number of carboxylic acids is 1. The number of benzene rings is 1. The Balaban J connectivity index is 0.000000505. The fraction of sp³-hybridized carbons (Fsp3) is 0.600. The van der Waals surface area contributed by atoms with Gasteiger partial charge in [0.05, 0.1) is 24.7 Å². The van der Waals surface area contributed by atoms with Gasteiger partial charge in [-0.2, -0.15) is 13.2 Å². The molecular formula is C25H32ClF3N2O6S. The van der Waals surface area contributed by atoms with E-state index in [9.17, 15) is 21.6 Å². The third-order valence-electron chi connectivity index (χ3n) is 6.68. The first-order chi connectivity index (χ1) is 17.7. The normalized spacial score (nSPS) is 24.9. The second-order valence-electron chi connectivity index (χ2n) is 9.85. The number of ether oxygens (including phenoxy) is 1. The molecule has 212 valence electrons. The summed E-state index contributed by atoms with van der Waals surface area (Å²) in [7, 11) is -3.09. The van der Waals surface area contributed by atoms with Gasteiger partial charge in [0.25, 0.3) is 0 Å². The highest BCUT2D eigenvalue weighted by atomic mass is 35.5. The van der Waals surface area contributed by atoms with E-state index in [-0.39, 0.29) is 17.9 Å². The third-order valence-corrected chi connectivity index (χ3v) is 7.91. The molecule has 2 aliphatic rings. The van der Waals surface area contributed by atoms with Crippen LogP contribution in [0, 0.1) is 6.92 Å². The summed E-state index contributed by atoms with van der Waals surface area (Å²) in [5.41, 5.74) is 1.22. The Morgan fingerprint density at radius 1 is 1.18 bits per heavy atom. The lowest BCUT2D eigenvalue weighted by Crippen LogP contribution is -2.56. The SMILES string of the molecule is Cc1cnc(C2CCC(N3C[C@H](CS(C)(=O)=O)OC[C@@H]3Cc3ccc(Cl)cc3)CC2)o1.O=C(O)C(F)(F)F. The van der Waals surface area contributed by atoms with Gasteiger partial charge in [-0.1, -0.05) is 23.7 Å². The number of hydrogen-bond donors (Lipinski definition) is 1. The van der Waals surface area contributed by atoms with E-state index in [0.29, 0.717) is 25.1 Å². The van der Waals surface area contributed by atoms with Gasteiger partial charge in [0.1, 0.15) is 15.6 Å². The van der Waals surface area contributed by atoms with Gasteiger partial charge in [-0.05, 0) is 56.7 Å². The number of nitrogens with zero attached hydrogens (tertiary/aromatic N) is 2. The summed E-state index contributed by atoms with van der Waals surface area (Å²) in [6, 6.07) is 8.59. The predicted molar refractivity (Wildman–Crippen MR) is 135 cm³/mol. The van der Waals surface area contributed by atoms with Crippen molar-refractivity contribution in [2.24, 2.45) is 0 Å². The monoisotopic (exact) mass is 580 g/mol. The van der Waals surface area contributed by atoms with Crippen LogP contribution < -0.4 is 0 Å². The van der Waals surface area contributed by atoms with Crippen LogP contribution >= 0.6 is 11.6 Å². The number of sulfone groups is 1. The molecule has 1 aliphatic heterocycles. The van der Waals surface area contributed by atoms with Crippen LogP contribution in [0.4, 0.5) is 13.2 Å². The molecule has 13 heteroatoms. The minimum atomic E-state index is -5.08. The van der Waals surface area contributed by atoms with Gasteiger partial charge in [0.15, 0.2) is 5.89 Å². The molecule has 38 heavy (non-hydrogen) atoms. The molecule has 2 fully saturated rings. The molecule has 0 bridgehead atoms. The Morgan fingerprint density at radius 2 is 1.79 bits per heavy atom. The summed E-state index contributed by atoms with van der Waals surface area (Å²) < 4.78 is 67.2. The number of morpholine rings is 1. The van der Waals surface area contributed by atoms with Gasteiger partial charge in [-0.3, -0.25) is 4.90 Å². The molecule has 2 atom stereocenters. The first-order valence-electron chi connectivity index (χ1n) is 12.2. The number of alkyl halides is 3. The van der Waals surface area contributed by atoms with Crippen molar-refractivity contribution in [2.75, 3.05) is 25.2 Å². The van der Waals surface area contributed by atoms with Crippen LogP contribution in [0.2, 0.25) is 5.02 Å². The summed E-state index contributed by atoms with van der Waals surface area (Å²) in [4.78, 5) is 15.8. The number of carboxylic acid groups (broad SMARTS) is 1. The van der Waals surface area contributed by atoms with Crippen molar-refractivity contribution in [2.45, 2.75) is 69.3 Å². The lowest BCUT2D eigenvalue weighted by Gasteiger charge is -2.46. The highest BCUT2D eigenvalue weighted by Gasteiger charge is 2.39. The topological polar surface area (TPSA) is 110 Å². The van der Waals surface area contributed by atoms with Gasteiger partial charge in [0.2, 0.25) is 0 Å². The van der Waals surface area contributed by atoms with Crippen molar-refractivity contribution in [3.63, 3.8) is 0 Å². The Bertz CT molecular complexity index is 1160. The van der Waals surface area contributed by atoms with Crippen molar-refractivity contribution in [1.29, 1.82) is 0 Å². The number of halogens is 4. The van der Waals surface area contributed by atoms with E-state index in [0.717, 1.165) is 48.8 Å². The Hall–Kier alpha value is -2.15. The molecule has 2 aromatic rings. The van der Waals surface area contributed by atoms with E-state index in [1.54, 1.807) is 6.20 Å². The lowest BCUT2D eigenvalue weighted by atomic mass is 9.84. The highest BCUT2D eigenvalue weighted by molar-refractivity contribution is 7.90. The Kier molecular flexibility index (Phi) is 10.2. The van der Waals surface area contributed by atoms with E-state index in [1.807, 2.05) is 19.1 Å². The molecule has 1 N–H and O–H groups in total. The van der Waals surface area contributed by atoms with E-state index in [1.165, 1.54) is 11.8 Å². The zero-order valence-electron chi connectivity index (χ0n) is 21.2. The molecule has 1 aromatic carbocycles. The molecule has 2 heterocycles. The highest BCUT2D eigenvalue weighted by Crippen LogP contribution is 2.36. The number of rotatable bonds is 6. The van der Waals surface area contributed by atoms with E-state index in [2.05, 4.69) is 22.0 Å². The fourth-order valence-corrected chi connectivity index (χ4v) is 5.95. The second kappa shape index (κ2) is 12.8. The molecule has 1 saturated carbocycles. The summed E-state index contributed by atoms with van der Waals surface area (Å²) in [5.74, 6) is -0.607. The smallest absolute Gasteiger partial charge is 0.475 e. The van der Waals surface area contributed by atoms with Crippen LogP contribution in [0.25, 0.3) is 0 Å².